The van der Waals surface area contributed by atoms with E-state index in [0.29, 0.717) is 37.2 Å². The molecule has 4 heterocycles. The second-order valence-electron chi connectivity index (χ2n) is 7.05. The van der Waals surface area contributed by atoms with Gasteiger partial charge in [0.2, 0.25) is 16.5 Å². The minimum absolute atomic E-state index is 0.00925. The van der Waals surface area contributed by atoms with Crippen molar-refractivity contribution in [3.63, 3.8) is 0 Å². The highest BCUT2D eigenvalue weighted by atomic mass is 32.1. The highest BCUT2D eigenvalue weighted by Crippen LogP contribution is 2.26. The van der Waals surface area contributed by atoms with Gasteiger partial charge in [0, 0.05) is 51.1 Å². The largest absolute Gasteiger partial charge is 0.477 e. The van der Waals surface area contributed by atoms with Crippen LogP contribution in [0.2, 0.25) is 0 Å². The number of hydrogen-bond donors (Lipinski definition) is 2. The number of carboxylic acids is 1. The Labute approximate surface area is 180 Å². The minimum Gasteiger partial charge on any atom is -0.477 e. The van der Waals surface area contributed by atoms with Crippen molar-refractivity contribution >= 4 is 40.3 Å². The summed E-state index contributed by atoms with van der Waals surface area (Å²) in [5, 5.41) is 12.9. The van der Waals surface area contributed by atoms with E-state index in [-0.39, 0.29) is 28.4 Å². The maximum atomic E-state index is 12.6. The smallest absolute Gasteiger partial charge is 0.341 e. The molecule has 2 N–H and O–H groups in total. The molecule has 0 radical (unpaired) electrons. The average molecular weight is 444 g/mol. The topological polar surface area (TPSA) is 140 Å². The van der Waals surface area contributed by atoms with Crippen molar-refractivity contribution in [1.29, 1.82) is 0 Å². The average Bonchev–Trinajstić information content (AvgIpc) is 3.25. The van der Waals surface area contributed by atoms with Gasteiger partial charge in [0.15, 0.2) is 5.65 Å². The number of nitrogens with zero attached hydrogens (tertiary/aromatic N) is 5. The molecule has 0 aliphatic carbocycles. The van der Waals surface area contributed by atoms with E-state index in [0.717, 1.165) is 18.0 Å². The molecule has 0 bridgehead atoms. The predicted octanol–water partition coefficient (Wildman–Crippen LogP) is 0.524. The Bertz CT molecular complexity index is 1170. The number of anilines is 1. The molecule has 3 aromatic rings. The summed E-state index contributed by atoms with van der Waals surface area (Å²) in [6.45, 7) is 2.17. The molecule has 1 amide bonds. The van der Waals surface area contributed by atoms with Crippen LogP contribution in [0.4, 0.5) is 5.82 Å². The monoisotopic (exact) mass is 444 g/mol. The third-order valence-electron chi connectivity index (χ3n) is 5.02. The van der Waals surface area contributed by atoms with Gasteiger partial charge in [-0.1, -0.05) is 0 Å². The molecular weight excluding hydrogens is 424 g/mol. The maximum absolute atomic E-state index is 12.6. The molecule has 1 aliphatic rings. The number of ether oxygens (including phenoxy) is 1. The van der Waals surface area contributed by atoms with E-state index >= 15 is 0 Å². The van der Waals surface area contributed by atoms with E-state index in [2.05, 4.69) is 19.7 Å². The number of aromatic carboxylic acids is 1. The number of carboxylic acid groups (broad SMARTS) is 1. The van der Waals surface area contributed by atoms with Crippen molar-refractivity contribution < 1.29 is 19.4 Å². The lowest BCUT2D eigenvalue weighted by Crippen LogP contribution is -2.54. The number of nitrogens with one attached hydrogen (secondary N) is 1. The van der Waals surface area contributed by atoms with Crippen LogP contribution in [-0.2, 0) is 9.53 Å². The van der Waals surface area contributed by atoms with E-state index < -0.39 is 11.4 Å². The summed E-state index contributed by atoms with van der Waals surface area (Å²) in [5.41, 5.74) is -0.692. The van der Waals surface area contributed by atoms with E-state index in [4.69, 9.17) is 4.74 Å². The van der Waals surface area contributed by atoms with Gasteiger partial charge in [0.1, 0.15) is 17.7 Å². The van der Waals surface area contributed by atoms with E-state index in [1.54, 1.807) is 19.2 Å². The lowest BCUT2D eigenvalue weighted by Gasteiger charge is -2.39. The number of carbonyl (C=O) groups excluding carboxylic acids is 1. The maximum Gasteiger partial charge on any atom is 0.341 e. The molecule has 11 nitrogen and oxygen atoms in total. The summed E-state index contributed by atoms with van der Waals surface area (Å²) < 4.78 is 10.4. The number of amides is 1. The van der Waals surface area contributed by atoms with Crippen LogP contribution in [0.1, 0.15) is 16.8 Å². The van der Waals surface area contributed by atoms with Gasteiger partial charge in [0.05, 0.1) is 11.3 Å². The van der Waals surface area contributed by atoms with Gasteiger partial charge < -0.3 is 20.1 Å². The normalized spacial score (nSPS) is 13.9. The second kappa shape index (κ2) is 8.78. The fourth-order valence-electron chi connectivity index (χ4n) is 3.34. The molecule has 0 saturated carbocycles. The van der Waals surface area contributed by atoms with Gasteiger partial charge in [-0.05, 0) is 18.6 Å². The Morgan fingerprint density at radius 2 is 2.16 bits per heavy atom. The van der Waals surface area contributed by atoms with Crippen LogP contribution in [0.15, 0.2) is 29.5 Å². The fraction of sp³-hybridized carbons (Fsp3) is 0.368. The number of hydrogen-bond acceptors (Lipinski definition) is 9. The molecule has 4 rings (SSSR count). The molecule has 0 unspecified atom stereocenters. The van der Waals surface area contributed by atoms with Gasteiger partial charge in [-0.25, -0.2) is 14.8 Å². The summed E-state index contributed by atoms with van der Waals surface area (Å²) in [7, 11) is 1.62. The van der Waals surface area contributed by atoms with Crippen molar-refractivity contribution in [2.24, 2.45) is 5.92 Å². The van der Waals surface area contributed by atoms with Crippen LogP contribution >= 0.6 is 11.5 Å². The Kier molecular flexibility index (Phi) is 5.91. The highest BCUT2D eigenvalue weighted by Gasteiger charge is 2.33. The number of methoxy groups -OCH3 is 1. The summed E-state index contributed by atoms with van der Waals surface area (Å²) in [6, 6.07) is 3.22. The zero-order valence-electron chi connectivity index (χ0n) is 16.6. The van der Waals surface area contributed by atoms with Gasteiger partial charge >= 0.3 is 5.97 Å². The molecule has 3 aromatic heterocycles. The first kappa shape index (κ1) is 20.9. The van der Waals surface area contributed by atoms with Crippen LogP contribution in [0.5, 0.6) is 0 Å². The quantitative estimate of drug-likeness (QED) is 0.476. The van der Waals surface area contributed by atoms with Gasteiger partial charge in [0.25, 0.3) is 0 Å². The lowest BCUT2D eigenvalue weighted by atomic mass is 9.99. The SMILES string of the molecule is COCCCNC(=O)C1CN(c2ccc3c(=O)c(C(=O)O)cn(-c4ncns4)c3n2)C1. The van der Waals surface area contributed by atoms with Crippen molar-refractivity contribution in [3.05, 3.63) is 40.4 Å². The summed E-state index contributed by atoms with van der Waals surface area (Å²) in [4.78, 5) is 47.0. The number of rotatable bonds is 8. The fourth-order valence-corrected chi connectivity index (χ4v) is 3.85. The number of pyridine rings is 2. The zero-order valence-corrected chi connectivity index (χ0v) is 17.5. The van der Waals surface area contributed by atoms with Crippen LogP contribution < -0.4 is 15.6 Å². The summed E-state index contributed by atoms with van der Waals surface area (Å²) >= 11 is 1.06. The first-order valence-electron chi connectivity index (χ1n) is 9.58. The van der Waals surface area contributed by atoms with Crippen molar-refractivity contribution in [2.45, 2.75) is 6.42 Å². The third kappa shape index (κ3) is 4.11. The lowest BCUT2D eigenvalue weighted by molar-refractivity contribution is -0.125. The van der Waals surface area contributed by atoms with Gasteiger partial charge in [-0.15, -0.1) is 0 Å². The summed E-state index contributed by atoms with van der Waals surface area (Å²) in [5.74, 6) is -0.877. The van der Waals surface area contributed by atoms with Crippen LogP contribution in [-0.4, -0.2) is 69.2 Å². The van der Waals surface area contributed by atoms with Crippen LogP contribution in [0.3, 0.4) is 0 Å². The minimum atomic E-state index is -1.32. The van der Waals surface area contributed by atoms with Crippen molar-refractivity contribution in [1.82, 2.24) is 24.2 Å². The molecule has 0 atom stereocenters. The molecule has 12 heteroatoms. The molecule has 1 saturated heterocycles. The number of fused-ring (bicyclic) bond motifs is 1. The Hall–Kier alpha value is -3.38. The molecule has 31 heavy (non-hydrogen) atoms. The molecular formula is C19H20N6O5S. The molecule has 0 spiro atoms. The highest BCUT2D eigenvalue weighted by molar-refractivity contribution is 7.08. The first-order chi connectivity index (χ1) is 15.0. The molecule has 0 aromatic carbocycles. The third-order valence-corrected chi connectivity index (χ3v) is 5.69. The van der Waals surface area contributed by atoms with E-state index in [1.807, 2.05) is 4.90 Å². The molecule has 1 fully saturated rings. The van der Waals surface area contributed by atoms with E-state index in [1.165, 1.54) is 17.1 Å². The molecule has 1 aliphatic heterocycles. The number of carbonyl (C=O) groups is 2. The molecule has 162 valence electrons. The second-order valence-corrected chi connectivity index (χ2v) is 7.81. The van der Waals surface area contributed by atoms with E-state index in [9.17, 15) is 19.5 Å². The zero-order chi connectivity index (χ0) is 22.0. The Morgan fingerprint density at radius 1 is 1.35 bits per heavy atom. The van der Waals surface area contributed by atoms with Crippen molar-refractivity contribution in [2.75, 3.05) is 38.3 Å². The van der Waals surface area contributed by atoms with Gasteiger partial charge in [-0.3, -0.25) is 14.2 Å². The first-order valence-corrected chi connectivity index (χ1v) is 10.3. The standard InChI is InChI=1S/C19H20N6O5S/c1-30-6-2-5-20-17(27)11-7-24(8-11)14-4-3-12-15(26)13(18(28)29)9-25(16(12)23-14)19-21-10-22-31-19/h3-4,9-11H,2,5-8H2,1H3,(H,20,27)(H,28,29). The number of aromatic nitrogens is 4. The van der Waals surface area contributed by atoms with Crippen molar-refractivity contribution in [3.8, 4) is 5.13 Å². The van der Waals surface area contributed by atoms with Crippen LogP contribution in [0, 0.1) is 5.92 Å². The van der Waals surface area contributed by atoms with Crippen LogP contribution in [0.25, 0.3) is 16.2 Å². The predicted molar refractivity (Wildman–Crippen MR) is 113 cm³/mol. The Morgan fingerprint density at radius 3 is 2.84 bits per heavy atom. The Balaban J connectivity index is 1.58. The summed E-state index contributed by atoms with van der Waals surface area (Å²) in [6.07, 6.45) is 3.32. The van der Waals surface area contributed by atoms with Gasteiger partial charge in [-0.2, -0.15) is 4.37 Å².